The summed E-state index contributed by atoms with van der Waals surface area (Å²) in [5.41, 5.74) is 1.45. The first kappa shape index (κ1) is 16.1. The zero-order valence-corrected chi connectivity index (χ0v) is 14.2. The summed E-state index contributed by atoms with van der Waals surface area (Å²) in [6, 6.07) is 17.0. The Morgan fingerprint density at radius 2 is 1.83 bits per heavy atom. The monoisotopic (exact) mass is 338 g/mol. The standard InChI is InChI=1S/C19H18N2O2S/c1-3-12-20-14(2)18(22)21(19(20)24)15-8-7-11-17(13-15)23-16-9-5-4-6-10-16/h3-11,13,22H,1,12H2,2H3. The van der Waals surface area contributed by atoms with E-state index in [1.807, 2.05) is 66.1 Å². The summed E-state index contributed by atoms with van der Waals surface area (Å²) < 4.78 is 9.84. The van der Waals surface area contributed by atoms with Gasteiger partial charge >= 0.3 is 0 Å². The summed E-state index contributed by atoms with van der Waals surface area (Å²) in [7, 11) is 0. The molecule has 5 heteroatoms. The van der Waals surface area contributed by atoms with E-state index in [2.05, 4.69) is 6.58 Å². The Bertz CT molecular complexity index is 926. The number of hydrogen-bond acceptors (Lipinski definition) is 3. The number of nitrogens with zero attached hydrogens (tertiary/aromatic N) is 2. The molecule has 1 N–H and O–H groups in total. The molecule has 24 heavy (non-hydrogen) atoms. The number of hydrogen-bond donors (Lipinski definition) is 1. The topological polar surface area (TPSA) is 39.3 Å². The SMILES string of the molecule is C=CCn1c(C)c(O)n(-c2cccc(Oc3ccccc3)c2)c1=S. The lowest BCUT2D eigenvalue weighted by Gasteiger charge is -2.09. The summed E-state index contributed by atoms with van der Waals surface area (Å²) in [6.07, 6.45) is 1.75. The molecule has 0 spiro atoms. The van der Waals surface area contributed by atoms with Crippen LogP contribution in [0.15, 0.2) is 67.3 Å². The average Bonchev–Trinajstić information content (AvgIpc) is 2.80. The van der Waals surface area contributed by atoms with Crippen LogP contribution >= 0.6 is 12.2 Å². The first-order valence-corrected chi connectivity index (χ1v) is 7.98. The van der Waals surface area contributed by atoms with E-state index in [1.165, 1.54) is 0 Å². The molecule has 1 aromatic heterocycles. The number of allylic oxidation sites excluding steroid dienone is 1. The Morgan fingerprint density at radius 1 is 1.12 bits per heavy atom. The van der Waals surface area contributed by atoms with Crippen molar-refractivity contribution in [2.75, 3.05) is 0 Å². The normalized spacial score (nSPS) is 10.5. The lowest BCUT2D eigenvalue weighted by atomic mass is 10.3. The van der Waals surface area contributed by atoms with Gasteiger partial charge in [0.2, 0.25) is 5.88 Å². The Morgan fingerprint density at radius 3 is 2.54 bits per heavy atom. The molecule has 0 aliphatic heterocycles. The molecule has 2 aromatic carbocycles. The van der Waals surface area contributed by atoms with Crippen molar-refractivity contribution in [2.45, 2.75) is 13.5 Å². The lowest BCUT2D eigenvalue weighted by molar-refractivity contribution is 0.436. The van der Waals surface area contributed by atoms with E-state index in [1.54, 1.807) is 10.6 Å². The predicted molar refractivity (Wildman–Crippen MR) is 97.7 cm³/mol. The maximum atomic E-state index is 10.5. The molecule has 122 valence electrons. The molecule has 0 amide bonds. The smallest absolute Gasteiger partial charge is 0.217 e. The van der Waals surface area contributed by atoms with Gasteiger partial charge in [-0.3, -0.25) is 4.57 Å². The van der Waals surface area contributed by atoms with Crippen LogP contribution in [-0.2, 0) is 6.54 Å². The van der Waals surface area contributed by atoms with Crippen LogP contribution in [0, 0.1) is 11.7 Å². The fraction of sp³-hybridized carbons (Fsp3) is 0.105. The van der Waals surface area contributed by atoms with Crippen molar-refractivity contribution in [1.82, 2.24) is 9.13 Å². The van der Waals surface area contributed by atoms with E-state index in [0.717, 1.165) is 11.4 Å². The zero-order valence-electron chi connectivity index (χ0n) is 13.3. The molecule has 3 aromatic rings. The van der Waals surface area contributed by atoms with Gasteiger partial charge < -0.3 is 14.4 Å². The van der Waals surface area contributed by atoms with Gasteiger partial charge in [-0.25, -0.2) is 0 Å². The Balaban J connectivity index is 2.02. The average molecular weight is 338 g/mol. The first-order valence-electron chi connectivity index (χ1n) is 7.57. The van der Waals surface area contributed by atoms with Crippen molar-refractivity contribution in [3.63, 3.8) is 0 Å². The van der Waals surface area contributed by atoms with Crippen LogP contribution in [0.25, 0.3) is 5.69 Å². The highest BCUT2D eigenvalue weighted by Gasteiger charge is 2.14. The van der Waals surface area contributed by atoms with E-state index >= 15 is 0 Å². The van der Waals surface area contributed by atoms with Gasteiger partial charge in [0.1, 0.15) is 11.5 Å². The largest absolute Gasteiger partial charge is 0.493 e. The maximum Gasteiger partial charge on any atom is 0.217 e. The fourth-order valence-corrected chi connectivity index (χ4v) is 2.93. The lowest BCUT2D eigenvalue weighted by Crippen LogP contribution is -1.99. The van der Waals surface area contributed by atoms with Crippen molar-refractivity contribution >= 4 is 12.2 Å². The minimum atomic E-state index is 0.124. The Labute approximate surface area is 145 Å². The minimum absolute atomic E-state index is 0.124. The molecule has 0 unspecified atom stereocenters. The number of para-hydroxylation sites is 1. The quantitative estimate of drug-likeness (QED) is 0.525. The van der Waals surface area contributed by atoms with Crippen LogP contribution in [-0.4, -0.2) is 14.2 Å². The van der Waals surface area contributed by atoms with Gasteiger partial charge in [0.05, 0.1) is 11.4 Å². The Kier molecular flexibility index (Phi) is 4.53. The second kappa shape index (κ2) is 6.76. The summed E-state index contributed by atoms with van der Waals surface area (Å²) in [6.45, 7) is 6.11. The van der Waals surface area contributed by atoms with Gasteiger partial charge in [0.15, 0.2) is 4.77 Å². The molecule has 0 aliphatic rings. The van der Waals surface area contributed by atoms with Crippen molar-refractivity contribution in [2.24, 2.45) is 0 Å². The summed E-state index contributed by atoms with van der Waals surface area (Å²) in [5, 5.41) is 10.5. The predicted octanol–water partition coefficient (Wildman–Crippen LogP) is 5.00. The number of ether oxygens (including phenoxy) is 1. The van der Waals surface area contributed by atoms with Gasteiger partial charge in [-0.15, -0.1) is 6.58 Å². The third-order valence-electron chi connectivity index (χ3n) is 3.73. The minimum Gasteiger partial charge on any atom is -0.493 e. The molecule has 1 heterocycles. The van der Waals surface area contributed by atoms with Gasteiger partial charge in [-0.2, -0.15) is 0 Å². The summed E-state index contributed by atoms with van der Waals surface area (Å²) in [4.78, 5) is 0. The highest BCUT2D eigenvalue weighted by Crippen LogP contribution is 2.28. The van der Waals surface area contributed by atoms with Gasteiger partial charge in [0, 0.05) is 12.6 Å². The second-order valence-electron chi connectivity index (χ2n) is 5.34. The molecule has 3 rings (SSSR count). The molecule has 0 aliphatic carbocycles. The molecular weight excluding hydrogens is 320 g/mol. The number of rotatable bonds is 5. The fourth-order valence-electron chi connectivity index (χ4n) is 2.52. The second-order valence-corrected chi connectivity index (χ2v) is 5.70. The summed E-state index contributed by atoms with van der Waals surface area (Å²) in [5.74, 6) is 1.55. The van der Waals surface area contributed by atoms with Crippen LogP contribution in [0.3, 0.4) is 0 Å². The molecule has 0 saturated heterocycles. The molecular formula is C19H18N2O2S. The number of aromatic nitrogens is 2. The van der Waals surface area contributed by atoms with E-state index in [-0.39, 0.29) is 5.88 Å². The highest BCUT2D eigenvalue weighted by molar-refractivity contribution is 7.71. The molecule has 0 radical (unpaired) electrons. The van der Waals surface area contributed by atoms with Crippen molar-refractivity contribution in [1.29, 1.82) is 0 Å². The van der Waals surface area contributed by atoms with Crippen molar-refractivity contribution in [3.05, 3.63) is 77.7 Å². The molecule has 0 saturated carbocycles. The maximum absolute atomic E-state index is 10.5. The van der Waals surface area contributed by atoms with E-state index in [0.29, 0.717) is 22.8 Å². The van der Waals surface area contributed by atoms with Crippen molar-refractivity contribution in [3.8, 4) is 23.1 Å². The van der Waals surface area contributed by atoms with E-state index in [4.69, 9.17) is 17.0 Å². The van der Waals surface area contributed by atoms with Crippen molar-refractivity contribution < 1.29 is 9.84 Å². The van der Waals surface area contributed by atoms with Gasteiger partial charge in [0.25, 0.3) is 0 Å². The third kappa shape index (κ3) is 2.98. The third-order valence-corrected chi connectivity index (χ3v) is 4.13. The van der Waals surface area contributed by atoms with E-state index in [9.17, 15) is 5.11 Å². The van der Waals surface area contributed by atoms with Crippen LogP contribution in [0.1, 0.15) is 5.69 Å². The number of benzene rings is 2. The van der Waals surface area contributed by atoms with Crippen LogP contribution in [0.4, 0.5) is 0 Å². The van der Waals surface area contributed by atoms with Crippen LogP contribution in [0.5, 0.6) is 17.4 Å². The van der Waals surface area contributed by atoms with Crippen LogP contribution in [0.2, 0.25) is 0 Å². The Hall–Kier alpha value is -2.79. The molecule has 4 nitrogen and oxygen atoms in total. The summed E-state index contributed by atoms with van der Waals surface area (Å²) >= 11 is 5.50. The highest BCUT2D eigenvalue weighted by atomic mass is 32.1. The molecule has 0 atom stereocenters. The van der Waals surface area contributed by atoms with E-state index < -0.39 is 0 Å². The molecule has 0 bridgehead atoms. The van der Waals surface area contributed by atoms with Gasteiger partial charge in [-0.05, 0) is 43.4 Å². The number of aromatic hydroxyl groups is 1. The number of imidazole rings is 1. The first-order chi connectivity index (χ1) is 11.6. The van der Waals surface area contributed by atoms with Gasteiger partial charge in [-0.1, -0.05) is 30.3 Å². The van der Waals surface area contributed by atoms with Crippen LogP contribution < -0.4 is 4.74 Å². The zero-order chi connectivity index (χ0) is 17.1. The molecule has 0 fully saturated rings.